The van der Waals surface area contributed by atoms with Crippen LogP contribution >= 0.6 is 0 Å². The van der Waals surface area contributed by atoms with Gasteiger partial charge in [0.05, 0.1) is 6.42 Å². The molecule has 1 atom stereocenters. The number of rotatable bonds is 7. The Morgan fingerprint density at radius 1 is 1.25 bits per heavy atom. The normalized spacial score (nSPS) is 11.7. The zero-order valence-electron chi connectivity index (χ0n) is 12.9. The van der Waals surface area contributed by atoms with Gasteiger partial charge in [0, 0.05) is 12.1 Å². The van der Waals surface area contributed by atoms with E-state index in [9.17, 15) is 14.4 Å². The van der Waals surface area contributed by atoms with Gasteiger partial charge < -0.3 is 15.5 Å². The van der Waals surface area contributed by atoms with E-state index >= 15 is 0 Å². The first-order chi connectivity index (χ1) is 11.4. The maximum Gasteiger partial charge on any atom is 0.353 e. The molecule has 1 unspecified atom stereocenters. The van der Waals surface area contributed by atoms with Gasteiger partial charge in [-0.15, -0.1) is 0 Å². The Balaban J connectivity index is 2.12. The number of carboxylic acids is 2. The summed E-state index contributed by atoms with van der Waals surface area (Å²) in [5.41, 5.74) is 1.61. The minimum Gasteiger partial charge on any atom is -0.481 e. The highest BCUT2D eigenvalue weighted by atomic mass is 16.4. The number of aromatic amines is 1. The van der Waals surface area contributed by atoms with Gasteiger partial charge in [-0.2, -0.15) is 5.10 Å². The van der Waals surface area contributed by atoms with Gasteiger partial charge in [0.2, 0.25) is 0 Å². The molecule has 8 heteroatoms. The molecule has 8 nitrogen and oxygen atoms in total. The number of aliphatic carboxylic acids is 1. The van der Waals surface area contributed by atoms with Crippen LogP contribution < -0.4 is 5.32 Å². The Morgan fingerprint density at radius 3 is 2.54 bits per heavy atom. The van der Waals surface area contributed by atoms with Gasteiger partial charge in [0.1, 0.15) is 5.69 Å². The van der Waals surface area contributed by atoms with E-state index in [1.54, 1.807) is 0 Å². The Labute approximate surface area is 137 Å². The summed E-state index contributed by atoms with van der Waals surface area (Å²) >= 11 is 0. The van der Waals surface area contributed by atoms with Crippen LogP contribution in [0.5, 0.6) is 0 Å². The van der Waals surface area contributed by atoms with Crippen LogP contribution in [0.2, 0.25) is 0 Å². The van der Waals surface area contributed by atoms with Crippen molar-refractivity contribution >= 4 is 17.8 Å². The molecule has 0 spiro atoms. The number of aryl methyl sites for hydroxylation is 1. The van der Waals surface area contributed by atoms with E-state index in [-0.39, 0.29) is 17.8 Å². The maximum absolute atomic E-state index is 12.2. The molecule has 0 saturated carbocycles. The van der Waals surface area contributed by atoms with Crippen LogP contribution in [0, 0.1) is 6.92 Å². The number of aromatic carboxylic acids is 1. The Hall–Kier alpha value is -3.16. The maximum atomic E-state index is 12.2. The largest absolute Gasteiger partial charge is 0.481 e. The summed E-state index contributed by atoms with van der Waals surface area (Å²) in [7, 11) is 0. The van der Waals surface area contributed by atoms with Crippen molar-refractivity contribution in [2.24, 2.45) is 0 Å². The number of nitrogens with one attached hydrogen (secondary N) is 2. The van der Waals surface area contributed by atoms with Crippen molar-refractivity contribution < 1.29 is 24.6 Å². The highest BCUT2D eigenvalue weighted by molar-refractivity contribution is 5.95. The van der Waals surface area contributed by atoms with Gasteiger partial charge >= 0.3 is 11.9 Å². The molecule has 4 N–H and O–H groups in total. The van der Waals surface area contributed by atoms with E-state index in [0.717, 1.165) is 17.2 Å². The molecular formula is C16H17N3O5. The van der Waals surface area contributed by atoms with Gasteiger partial charge in [-0.25, -0.2) is 4.79 Å². The van der Waals surface area contributed by atoms with E-state index in [4.69, 9.17) is 10.2 Å². The molecule has 2 rings (SSSR count). The second-order valence-corrected chi connectivity index (χ2v) is 5.37. The third-order valence-electron chi connectivity index (χ3n) is 3.52. The summed E-state index contributed by atoms with van der Waals surface area (Å²) < 4.78 is 0. The number of nitrogens with zero attached hydrogens (tertiary/aromatic N) is 1. The predicted octanol–water partition coefficient (Wildman–Crippen LogP) is 1.23. The van der Waals surface area contributed by atoms with Crippen LogP contribution in [0.4, 0.5) is 0 Å². The van der Waals surface area contributed by atoms with E-state index in [1.165, 1.54) is 0 Å². The van der Waals surface area contributed by atoms with Crippen LogP contribution in [0.3, 0.4) is 0 Å². The average Bonchev–Trinajstić information content (AvgIpc) is 2.99. The number of hydrogen-bond donors (Lipinski definition) is 4. The summed E-state index contributed by atoms with van der Waals surface area (Å²) in [6.07, 6.45) is 0.0945. The van der Waals surface area contributed by atoms with Gasteiger partial charge in [-0.05, 0) is 24.5 Å². The standard InChI is InChI=1S/C16H17N3O5/c1-9-4-2-3-5-10(9)6-11(7-14(20)21)17-15(22)12-8-13(16(23)24)19-18-12/h2-5,8,11H,6-7H2,1H3,(H,17,22)(H,18,19)(H,20,21)(H,23,24). The van der Waals surface area contributed by atoms with Crippen molar-refractivity contribution in [1.82, 2.24) is 15.5 Å². The second kappa shape index (κ2) is 7.40. The lowest BCUT2D eigenvalue weighted by atomic mass is 9.99. The number of hydrogen-bond acceptors (Lipinski definition) is 4. The Morgan fingerprint density at radius 2 is 1.96 bits per heavy atom. The van der Waals surface area contributed by atoms with Crippen LogP contribution in [-0.4, -0.2) is 44.3 Å². The molecule has 0 fully saturated rings. The summed E-state index contributed by atoms with van der Waals surface area (Å²) in [6.45, 7) is 1.90. The zero-order valence-corrected chi connectivity index (χ0v) is 12.9. The molecule has 0 bridgehead atoms. The molecule has 0 radical (unpaired) electrons. The van der Waals surface area contributed by atoms with E-state index < -0.39 is 23.9 Å². The number of amides is 1. The molecular weight excluding hydrogens is 314 g/mol. The number of benzene rings is 1. The molecule has 0 aliphatic carbocycles. The molecule has 0 saturated heterocycles. The van der Waals surface area contributed by atoms with Crippen molar-refractivity contribution in [1.29, 1.82) is 0 Å². The lowest BCUT2D eigenvalue weighted by molar-refractivity contribution is -0.137. The first-order valence-corrected chi connectivity index (χ1v) is 7.22. The molecule has 126 valence electrons. The van der Waals surface area contributed by atoms with Crippen LogP contribution in [0.25, 0.3) is 0 Å². The highest BCUT2D eigenvalue weighted by Crippen LogP contribution is 2.12. The number of carboxylic acid groups (broad SMARTS) is 2. The molecule has 1 amide bonds. The lowest BCUT2D eigenvalue weighted by Crippen LogP contribution is -2.38. The average molecular weight is 331 g/mol. The number of H-pyrrole nitrogens is 1. The summed E-state index contributed by atoms with van der Waals surface area (Å²) in [4.78, 5) is 34.0. The molecule has 1 aromatic heterocycles. The van der Waals surface area contributed by atoms with Gasteiger partial charge in [0.25, 0.3) is 5.91 Å². The number of carbonyl (C=O) groups is 3. The van der Waals surface area contributed by atoms with Crippen molar-refractivity contribution in [2.75, 3.05) is 0 Å². The number of carbonyl (C=O) groups excluding carboxylic acids is 1. The minimum atomic E-state index is -1.23. The van der Waals surface area contributed by atoms with E-state index in [0.29, 0.717) is 6.42 Å². The summed E-state index contributed by atoms with van der Waals surface area (Å²) in [5, 5.41) is 26.3. The predicted molar refractivity (Wildman–Crippen MR) is 83.9 cm³/mol. The fraction of sp³-hybridized carbons (Fsp3) is 0.250. The Kier molecular flexibility index (Phi) is 5.31. The molecule has 1 aromatic carbocycles. The second-order valence-electron chi connectivity index (χ2n) is 5.37. The molecule has 2 aromatic rings. The highest BCUT2D eigenvalue weighted by Gasteiger charge is 2.20. The third-order valence-corrected chi connectivity index (χ3v) is 3.52. The Bertz CT molecular complexity index is 769. The fourth-order valence-electron chi connectivity index (χ4n) is 2.30. The van der Waals surface area contributed by atoms with Crippen LogP contribution in [0.1, 0.15) is 38.5 Å². The van der Waals surface area contributed by atoms with Crippen molar-refractivity contribution in [2.45, 2.75) is 25.8 Å². The summed E-state index contributed by atoms with van der Waals surface area (Å²) in [5.74, 6) is -2.90. The van der Waals surface area contributed by atoms with E-state index in [1.807, 2.05) is 31.2 Å². The van der Waals surface area contributed by atoms with Gasteiger partial charge in [-0.3, -0.25) is 14.7 Å². The molecule has 0 aliphatic rings. The number of aromatic nitrogens is 2. The summed E-state index contributed by atoms with van der Waals surface area (Å²) in [6, 6.07) is 7.95. The smallest absolute Gasteiger partial charge is 0.353 e. The van der Waals surface area contributed by atoms with Crippen LogP contribution in [-0.2, 0) is 11.2 Å². The van der Waals surface area contributed by atoms with Crippen molar-refractivity contribution in [3.8, 4) is 0 Å². The first kappa shape index (κ1) is 17.2. The molecule has 1 heterocycles. The fourth-order valence-corrected chi connectivity index (χ4v) is 2.30. The SMILES string of the molecule is Cc1ccccc1CC(CC(=O)O)NC(=O)c1cc(C(=O)O)[nH]n1. The van der Waals surface area contributed by atoms with Crippen molar-refractivity contribution in [3.63, 3.8) is 0 Å². The van der Waals surface area contributed by atoms with Gasteiger partial charge in [0.15, 0.2) is 5.69 Å². The third kappa shape index (κ3) is 4.42. The quantitative estimate of drug-likeness (QED) is 0.603. The van der Waals surface area contributed by atoms with Crippen molar-refractivity contribution in [3.05, 3.63) is 52.8 Å². The van der Waals surface area contributed by atoms with E-state index in [2.05, 4.69) is 15.5 Å². The molecule has 24 heavy (non-hydrogen) atoms. The minimum absolute atomic E-state index is 0.104. The lowest BCUT2D eigenvalue weighted by Gasteiger charge is -2.17. The topological polar surface area (TPSA) is 132 Å². The molecule has 0 aliphatic heterocycles. The zero-order chi connectivity index (χ0) is 17.7. The van der Waals surface area contributed by atoms with Crippen LogP contribution in [0.15, 0.2) is 30.3 Å². The van der Waals surface area contributed by atoms with Gasteiger partial charge in [-0.1, -0.05) is 24.3 Å². The first-order valence-electron chi connectivity index (χ1n) is 7.22. The monoisotopic (exact) mass is 331 g/mol.